The largest absolute Gasteiger partial charge is 0.491 e. The van der Waals surface area contributed by atoms with Gasteiger partial charge in [-0.1, -0.05) is 82.3 Å². The van der Waals surface area contributed by atoms with Crippen LogP contribution in [0.5, 0.6) is 11.5 Å². The second-order valence-electron chi connectivity index (χ2n) is 9.30. The molecule has 194 valence electrons. The molecule has 3 aromatic carbocycles. The molecule has 0 spiro atoms. The van der Waals surface area contributed by atoms with Crippen molar-refractivity contribution in [3.05, 3.63) is 93.5 Å². The third-order valence-corrected chi connectivity index (χ3v) is 7.19. The molecule has 0 unspecified atom stereocenters. The quantitative estimate of drug-likeness (QED) is 0.287. The minimum atomic E-state index is -0.395. The van der Waals surface area contributed by atoms with Crippen LogP contribution in [0.3, 0.4) is 0 Å². The van der Waals surface area contributed by atoms with Crippen molar-refractivity contribution >= 4 is 0 Å². The maximum Gasteiger partial charge on any atom is 0.125 e. The highest BCUT2D eigenvalue weighted by Crippen LogP contribution is 2.44. The average Bonchev–Trinajstić information content (AvgIpc) is 2.93. The number of hydrogen-bond acceptors (Lipinski definition) is 4. The highest BCUT2D eigenvalue weighted by molar-refractivity contribution is 5.58. The zero-order chi connectivity index (χ0) is 26.1. The Hall–Kier alpha value is -2.82. The van der Waals surface area contributed by atoms with Gasteiger partial charge in [-0.3, -0.25) is 0 Å². The van der Waals surface area contributed by atoms with Crippen LogP contribution in [0.15, 0.2) is 54.6 Å². The van der Waals surface area contributed by atoms with E-state index in [1.54, 1.807) is 0 Å². The molecule has 3 aromatic rings. The predicted octanol–water partition coefficient (Wildman–Crippen LogP) is 6.03. The van der Waals surface area contributed by atoms with Gasteiger partial charge in [0.15, 0.2) is 0 Å². The van der Waals surface area contributed by atoms with Crippen LogP contribution < -0.4 is 9.47 Å². The van der Waals surface area contributed by atoms with Gasteiger partial charge in [-0.05, 0) is 71.6 Å². The zero-order valence-electron chi connectivity index (χ0n) is 22.6. The summed E-state index contributed by atoms with van der Waals surface area (Å²) < 4.78 is 12.0. The lowest BCUT2D eigenvalue weighted by Crippen LogP contribution is -2.27. The fourth-order valence-electron chi connectivity index (χ4n) is 5.07. The molecular formula is C32H42O4. The van der Waals surface area contributed by atoms with E-state index >= 15 is 0 Å². The molecule has 0 saturated carbocycles. The van der Waals surface area contributed by atoms with Crippen molar-refractivity contribution in [3.63, 3.8) is 0 Å². The maximum absolute atomic E-state index is 9.36. The monoisotopic (exact) mass is 490 g/mol. The van der Waals surface area contributed by atoms with Crippen LogP contribution >= 0.6 is 0 Å². The Morgan fingerprint density at radius 3 is 1.25 bits per heavy atom. The number of aliphatic hydroxyl groups is 2. The Balaban J connectivity index is 2.32. The van der Waals surface area contributed by atoms with E-state index in [4.69, 9.17) is 9.47 Å². The molecule has 4 nitrogen and oxygen atoms in total. The van der Waals surface area contributed by atoms with Gasteiger partial charge >= 0.3 is 0 Å². The first-order valence-electron chi connectivity index (χ1n) is 13.3. The molecule has 0 aliphatic rings. The molecule has 0 aromatic heterocycles. The van der Waals surface area contributed by atoms with Gasteiger partial charge in [-0.15, -0.1) is 0 Å². The third kappa shape index (κ3) is 5.61. The van der Waals surface area contributed by atoms with Crippen LogP contribution in [0, 0.1) is 0 Å². The molecule has 2 N–H and O–H groups in total. The minimum Gasteiger partial charge on any atom is -0.491 e. The van der Waals surface area contributed by atoms with Crippen LogP contribution in [0.25, 0.3) is 0 Å². The molecule has 0 bridgehead atoms. The number of hydrogen-bond donors (Lipinski definition) is 2. The first-order valence-corrected chi connectivity index (χ1v) is 13.3. The van der Waals surface area contributed by atoms with Crippen LogP contribution in [-0.2, 0) is 31.1 Å². The van der Waals surface area contributed by atoms with Crippen LogP contribution in [0.4, 0.5) is 0 Å². The first kappa shape index (κ1) is 27.8. The molecular weight excluding hydrogens is 448 g/mol. The molecule has 0 saturated heterocycles. The average molecular weight is 491 g/mol. The summed E-state index contributed by atoms with van der Waals surface area (Å²) in [4.78, 5) is 0. The van der Waals surface area contributed by atoms with Gasteiger partial charge < -0.3 is 19.7 Å². The molecule has 0 atom stereocenters. The van der Waals surface area contributed by atoms with E-state index in [0.29, 0.717) is 13.2 Å². The van der Waals surface area contributed by atoms with Crippen molar-refractivity contribution in [1.82, 2.24) is 0 Å². The fourth-order valence-corrected chi connectivity index (χ4v) is 5.07. The molecule has 0 aliphatic heterocycles. The van der Waals surface area contributed by atoms with Gasteiger partial charge in [0.2, 0.25) is 0 Å². The summed E-state index contributed by atoms with van der Waals surface area (Å²) in [6.07, 6.45) is 3.39. The van der Waals surface area contributed by atoms with E-state index in [0.717, 1.165) is 59.4 Å². The zero-order valence-corrected chi connectivity index (χ0v) is 22.6. The van der Waals surface area contributed by atoms with E-state index < -0.39 is 5.41 Å². The third-order valence-electron chi connectivity index (χ3n) is 7.19. The van der Waals surface area contributed by atoms with Gasteiger partial charge in [0.1, 0.15) is 24.7 Å². The number of benzene rings is 3. The molecule has 36 heavy (non-hydrogen) atoms. The highest BCUT2D eigenvalue weighted by atomic mass is 16.5. The lowest BCUT2D eigenvalue weighted by atomic mass is 9.69. The highest BCUT2D eigenvalue weighted by Gasteiger charge is 2.34. The Morgan fingerprint density at radius 2 is 0.944 bits per heavy atom. The van der Waals surface area contributed by atoms with Crippen molar-refractivity contribution in [2.45, 2.75) is 65.7 Å². The lowest BCUT2D eigenvalue weighted by molar-refractivity contribution is 0.199. The normalized spacial score (nSPS) is 11.5. The molecule has 0 heterocycles. The van der Waals surface area contributed by atoms with Crippen molar-refractivity contribution < 1.29 is 19.7 Å². The van der Waals surface area contributed by atoms with E-state index in [9.17, 15) is 10.2 Å². The molecule has 0 fully saturated rings. The van der Waals surface area contributed by atoms with Gasteiger partial charge in [0.25, 0.3) is 0 Å². The van der Waals surface area contributed by atoms with Crippen molar-refractivity contribution in [1.29, 1.82) is 0 Å². The van der Waals surface area contributed by atoms with Gasteiger partial charge in [-0.2, -0.15) is 0 Å². The summed E-state index contributed by atoms with van der Waals surface area (Å²) >= 11 is 0. The second-order valence-corrected chi connectivity index (χ2v) is 9.30. The molecule has 0 aliphatic carbocycles. The molecule has 0 amide bonds. The molecule has 3 rings (SSSR count). The Morgan fingerprint density at radius 1 is 0.583 bits per heavy atom. The SMILES string of the molecule is CCc1cc(C(C)(c2ccccc2)c2cc(CC)c(OCCO)c(CC)c2)cc(CC)c1OCCO. The van der Waals surface area contributed by atoms with E-state index in [1.807, 2.05) is 0 Å². The standard InChI is InChI=1S/C32H42O4/c1-6-23-19-28(20-24(7-2)30(23)35-17-15-33)32(5,27-13-11-10-12-14-27)29-21-25(8-3)31(36-18-16-34)26(9-4)22-29/h10-14,19-22,33-34H,6-9,15-18H2,1-5H3. The van der Waals surface area contributed by atoms with Crippen LogP contribution in [0.2, 0.25) is 0 Å². The minimum absolute atomic E-state index is 0.0000801. The number of aliphatic hydroxyl groups excluding tert-OH is 2. The first-order chi connectivity index (χ1) is 17.5. The number of rotatable bonds is 13. The Kier molecular flexibility index (Phi) is 9.98. The van der Waals surface area contributed by atoms with Crippen LogP contribution in [-0.4, -0.2) is 36.6 Å². The Bertz CT molecular complexity index is 1000. The smallest absolute Gasteiger partial charge is 0.125 e. The maximum atomic E-state index is 9.36. The predicted molar refractivity (Wildman–Crippen MR) is 148 cm³/mol. The lowest BCUT2D eigenvalue weighted by Gasteiger charge is -2.34. The van der Waals surface area contributed by atoms with Crippen LogP contribution in [0.1, 0.15) is 73.6 Å². The molecule has 4 heteroatoms. The molecule has 0 radical (unpaired) electrons. The van der Waals surface area contributed by atoms with Crippen molar-refractivity contribution in [2.75, 3.05) is 26.4 Å². The summed E-state index contributed by atoms with van der Waals surface area (Å²) in [5, 5.41) is 18.7. The topological polar surface area (TPSA) is 58.9 Å². The van der Waals surface area contributed by atoms with E-state index in [1.165, 1.54) is 16.7 Å². The fraction of sp³-hybridized carbons (Fsp3) is 0.438. The van der Waals surface area contributed by atoms with Gasteiger partial charge in [-0.25, -0.2) is 0 Å². The summed E-state index contributed by atoms with van der Waals surface area (Å²) in [5.74, 6) is 1.81. The summed E-state index contributed by atoms with van der Waals surface area (Å²) in [6.45, 7) is 11.5. The summed E-state index contributed by atoms with van der Waals surface area (Å²) in [7, 11) is 0. The number of ether oxygens (including phenoxy) is 2. The summed E-state index contributed by atoms with van der Waals surface area (Å²) in [5.41, 5.74) is 7.94. The van der Waals surface area contributed by atoms with Crippen molar-refractivity contribution in [2.24, 2.45) is 0 Å². The van der Waals surface area contributed by atoms with Gasteiger partial charge in [0.05, 0.1) is 13.2 Å². The summed E-state index contributed by atoms with van der Waals surface area (Å²) in [6, 6.07) is 19.8. The van der Waals surface area contributed by atoms with E-state index in [-0.39, 0.29) is 13.2 Å². The van der Waals surface area contributed by atoms with Gasteiger partial charge in [0, 0.05) is 5.41 Å². The Labute approximate surface area is 216 Å². The second kappa shape index (κ2) is 12.9. The van der Waals surface area contributed by atoms with E-state index in [2.05, 4.69) is 89.2 Å². The number of aryl methyl sites for hydroxylation is 4. The van der Waals surface area contributed by atoms with Crippen molar-refractivity contribution in [3.8, 4) is 11.5 Å².